The van der Waals surface area contributed by atoms with E-state index in [0.29, 0.717) is 29.3 Å². The summed E-state index contributed by atoms with van der Waals surface area (Å²) in [6.07, 6.45) is 0. The van der Waals surface area contributed by atoms with Crippen molar-refractivity contribution in [3.8, 4) is 6.01 Å². The van der Waals surface area contributed by atoms with Crippen LogP contribution in [0.5, 0.6) is 6.01 Å². The molecule has 0 atom stereocenters. The number of rotatable bonds is 6. The molecular weight excluding hydrogens is 341 g/mol. The Bertz CT molecular complexity index is 601. The quantitative estimate of drug-likeness (QED) is 0.827. The third-order valence-electron chi connectivity index (χ3n) is 2.40. The van der Waals surface area contributed by atoms with Crippen molar-refractivity contribution in [3.63, 3.8) is 0 Å². The van der Waals surface area contributed by atoms with Crippen LogP contribution in [-0.2, 0) is 0 Å². The molecule has 21 heavy (non-hydrogen) atoms. The van der Waals surface area contributed by atoms with Crippen LogP contribution in [0.2, 0.25) is 0 Å². The maximum Gasteiger partial charge on any atom is 0.323 e. The fraction of sp³-hybridized carbons (Fsp3) is 0.308. The first-order valence-electron chi connectivity index (χ1n) is 6.47. The molecule has 0 aliphatic heterocycles. The molecule has 2 aromatic rings. The number of anilines is 3. The third-order valence-corrected chi connectivity index (χ3v) is 3.09. The van der Waals surface area contributed by atoms with Gasteiger partial charge < -0.3 is 15.4 Å². The highest BCUT2D eigenvalue weighted by Gasteiger charge is 2.09. The Morgan fingerprint density at radius 2 is 1.95 bits per heavy atom. The molecule has 0 fully saturated rings. The van der Waals surface area contributed by atoms with Crippen molar-refractivity contribution < 1.29 is 9.13 Å². The zero-order valence-electron chi connectivity index (χ0n) is 11.7. The normalized spacial score (nSPS) is 10.3. The van der Waals surface area contributed by atoms with Crippen LogP contribution < -0.4 is 15.4 Å². The molecule has 0 spiro atoms. The Morgan fingerprint density at radius 3 is 2.67 bits per heavy atom. The molecule has 0 amide bonds. The van der Waals surface area contributed by atoms with Gasteiger partial charge in [-0.1, -0.05) is 0 Å². The molecule has 0 aliphatic rings. The van der Waals surface area contributed by atoms with Crippen LogP contribution in [0.25, 0.3) is 0 Å². The van der Waals surface area contributed by atoms with Gasteiger partial charge in [-0.3, -0.25) is 0 Å². The monoisotopic (exact) mass is 355 g/mol. The summed E-state index contributed by atoms with van der Waals surface area (Å²) in [5, 5.41) is 5.93. The largest absolute Gasteiger partial charge is 0.464 e. The standard InChI is InChI=1S/C13H15BrFN5O/c1-3-16-11-18-12(20-13(19-11)21-4-2)17-10-7-8(15)5-6-9(10)14/h5-7H,3-4H2,1-2H3,(H2,16,17,18,19,20). The Kier molecular flexibility index (Phi) is 5.26. The maximum absolute atomic E-state index is 13.3. The molecular formula is C13H15BrFN5O. The van der Waals surface area contributed by atoms with E-state index in [-0.39, 0.29) is 17.8 Å². The van der Waals surface area contributed by atoms with Gasteiger partial charge in [0.05, 0.1) is 12.3 Å². The average molecular weight is 356 g/mol. The molecule has 0 unspecified atom stereocenters. The molecule has 6 nitrogen and oxygen atoms in total. The fourth-order valence-electron chi connectivity index (χ4n) is 1.56. The lowest BCUT2D eigenvalue weighted by molar-refractivity contribution is 0.312. The lowest BCUT2D eigenvalue weighted by Crippen LogP contribution is -2.09. The first-order valence-corrected chi connectivity index (χ1v) is 7.26. The van der Waals surface area contributed by atoms with E-state index in [1.54, 1.807) is 6.07 Å². The van der Waals surface area contributed by atoms with Crippen LogP contribution in [-0.4, -0.2) is 28.1 Å². The van der Waals surface area contributed by atoms with Gasteiger partial charge >= 0.3 is 6.01 Å². The number of aromatic nitrogens is 3. The highest BCUT2D eigenvalue weighted by Crippen LogP contribution is 2.26. The van der Waals surface area contributed by atoms with Gasteiger partial charge in [0.2, 0.25) is 11.9 Å². The van der Waals surface area contributed by atoms with E-state index in [4.69, 9.17) is 4.74 Å². The topological polar surface area (TPSA) is 72.0 Å². The van der Waals surface area contributed by atoms with E-state index in [1.165, 1.54) is 12.1 Å². The summed E-state index contributed by atoms with van der Waals surface area (Å²) in [4.78, 5) is 12.4. The summed E-state index contributed by atoms with van der Waals surface area (Å²) >= 11 is 3.34. The minimum Gasteiger partial charge on any atom is -0.464 e. The predicted octanol–water partition coefficient (Wildman–Crippen LogP) is 3.35. The number of nitrogens with one attached hydrogen (secondary N) is 2. The predicted molar refractivity (Wildman–Crippen MR) is 82.5 cm³/mol. The Morgan fingerprint density at radius 1 is 1.19 bits per heavy atom. The molecule has 112 valence electrons. The molecule has 1 aromatic carbocycles. The number of nitrogens with zero attached hydrogens (tertiary/aromatic N) is 3. The summed E-state index contributed by atoms with van der Waals surface area (Å²) in [7, 11) is 0. The molecule has 1 aromatic heterocycles. The Labute approximate surface area is 130 Å². The summed E-state index contributed by atoms with van der Waals surface area (Å²) in [6.45, 7) is 4.88. The van der Waals surface area contributed by atoms with E-state index in [0.717, 1.165) is 0 Å². The molecule has 0 bridgehead atoms. The highest BCUT2D eigenvalue weighted by molar-refractivity contribution is 9.10. The number of benzene rings is 1. The summed E-state index contributed by atoms with van der Waals surface area (Å²) in [6, 6.07) is 4.52. The molecule has 2 N–H and O–H groups in total. The van der Waals surface area contributed by atoms with Gasteiger partial charge in [-0.15, -0.1) is 0 Å². The minimum atomic E-state index is -0.355. The zero-order chi connectivity index (χ0) is 15.2. The van der Waals surface area contributed by atoms with Gasteiger partial charge in [0.25, 0.3) is 0 Å². The van der Waals surface area contributed by atoms with E-state index in [9.17, 15) is 4.39 Å². The van der Waals surface area contributed by atoms with Gasteiger partial charge in [-0.05, 0) is 48.0 Å². The molecule has 0 radical (unpaired) electrons. The van der Waals surface area contributed by atoms with E-state index in [1.807, 2.05) is 13.8 Å². The first kappa shape index (κ1) is 15.4. The van der Waals surface area contributed by atoms with Crippen LogP contribution in [0.1, 0.15) is 13.8 Å². The zero-order valence-corrected chi connectivity index (χ0v) is 13.2. The Hall–Kier alpha value is -1.96. The lowest BCUT2D eigenvalue weighted by atomic mass is 10.3. The highest BCUT2D eigenvalue weighted by atomic mass is 79.9. The SMILES string of the molecule is CCNc1nc(Nc2cc(F)ccc2Br)nc(OCC)n1. The van der Waals surface area contributed by atoms with E-state index in [2.05, 4.69) is 41.5 Å². The molecule has 0 saturated heterocycles. The summed E-state index contributed by atoms with van der Waals surface area (Å²) in [5.41, 5.74) is 0.520. The van der Waals surface area contributed by atoms with Gasteiger partial charge in [0.1, 0.15) is 5.82 Å². The van der Waals surface area contributed by atoms with Crippen molar-refractivity contribution in [1.29, 1.82) is 0 Å². The van der Waals surface area contributed by atoms with Crippen LogP contribution >= 0.6 is 15.9 Å². The van der Waals surface area contributed by atoms with Crippen LogP contribution in [0.15, 0.2) is 22.7 Å². The van der Waals surface area contributed by atoms with Crippen molar-refractivity contribution in [2.24, 2.45) is 0 Å². The van der Waals surface area contributed by atoms with Crippen molar-refractivity contribution >= 4 is 33.5 Å². The minimum absolute atomic E-state index is 0.207. The lowest BCUT2D eigenvalue weighted by Gasteiger charge is -2.10. The van der Waals surface area contributed by atoms with Crippen LogP contribution in [0.3, 0.4) is 0 Å². The fourth-order valence-corrected chi connectivity index (χ4v) is 1.90. The number of hydrogen-bond donors (Lipinski definition) is 2. The third kappa shape index (κ3) is 4.25. The van der Waals surface area contributed by atoms with Crippen molar-refractivity contribution in [2.45, 2.75) is 13.8 Å². The maximum atomic E-state index is 13.3. The Balaban J connectivity index is 2.31. The molecule has 2 rings (SSSR count). The molecule has 0 aliphatic carbocycles. The second-order valence-electron chi connectivity index (χ2n) is 3.98. The van der Waals surface area contributed by atoms with Crippen molar-refractivity contribution in [1.82, 2.24) is 15.0 Å². The second kappa shape index (κ2) is 7.16. The van der Waals surface area contributed by atoms with Gasteiger partial charge in [0, 0.05) is 11.0 Å². The molecule has 8 heteroatoms. The molecule has 1 heterocycles. The van der Waals surface area contributed by atoms with E-state index >= 15 is 0 Å². The van der Waals surface area contributed by atoms with Crippen LogP contribution in [0, 0.1) is 5.82 Å². The van der Waals surface area contributed by atoms with Crippen molar-refractivity contribution in [2.75, 3.05) is 23.8 Å². The average Bonchev–Trinajstić information content (AvgIpc) is 2.43. The van der Waals surface area contributed by atoms with Gasteiger partial charge in [-0.25, -0.2) is 4.39 Å². The summed E-state index contributed by atoms with van der Waals surface area (Å²) < 4.78 is 19.3. The molecule has 0 saturated carbocycles. The van der Waals surface area contributed by atoms with Gasteiger partial charge in [0.15, 0.2) is 0 Å². The van der Waals surface area contributed by atoms with Crippen molar-refractivity contribution in [3.05, 3.63) is 28.5 Å². The first-order chi connectivity index (χ1) is 10.1. The number of ether oxygens (including phenoxy) is 1. The smallest absolute Gasteiger partial charge is 0.323 e. The second-order valence-corrected chi connectivity index (χ2v) is 4.83. The van der Waals surface area contributed by atoms with E-state index < -0.39 is 0 Å². The summed E-state index contributed by atoms with van der Waals surface area (Å²) in [5.74, 6) is 0.313. The van der Waals surface area contributed by atoms with Crippen LogP contribution in [0.4, 0.5) is 22.0 Å². The van der Waals surface area contributed by atoms with Gasteiger partial charge in [-0.2, -0.15) is 15.0 Å². The number of halogens is 2. The number of hydrogen-bond acceptors (Lipinski definition) is 6.